The molecule has 0 fully saturated rings. The van der Waals surface area contributed by atoms with Gasteiger partial charge < -0.3 is 5.32 Å². The van der Waals surface area contributed by atoms with Crippen molar-refractivity contribution in [3.8, 4) is 0 Å². The number of hydrogen-bond donors (Lipinski definition) is 1. The Kier molecular flexibility index (Phi) is 4.81. The van der Waals surface area contributed by atoms with Crippen LogP contribution in [0.1, 0.15) is 24.1 Å². The molecule has 0 aliphatic heterocycles. The minimum atomic E-state index is 0.720. The smallest absolute Gasteiger partial charge is 0.144 e. The van der Waals surface area contributed by atoms with Crippen molar-refractivity contribution in [2.45, 2.75) is 26.9 Å². The van der Waals surface area contributed by atoms with Crippen molar-refractivity contribution < 1.29 is 0 Å². The summed E-state index contributed by atoms with van der Waals surface area (Å²) in [7, 11) is 2.05. The molecule has 6 heteroatoms. The van der Waals surface area contributed by atoms with E-state index in [4.69, 9.17) is 0 Å². The predicted octanol–water partition coefficient (Wildman–Crippen LogP) is 2.31. The average molecular weight is 277 g/mol. The molecule has 0 saturated carbocycles. The molecule has 0 unspecified atom stereocenters. The highest BCUT2D eigenvalue weighted by atomic mass is 32.1. The molecule has 5 nitrogen and oxygen atoms in total. The molecule has 2 heterocycles. The topological polar surface area (TPSA) is 53.9 Å². The van der Waals surface area contributed by atoms with Gasteiger partial charge in [0.1, 0.15) is 11.6 Å². The highest BCUT2D eigenvalue weighted by Gasteiger charge is 2.07. The Morgan fingerprint density at radius 1 is 1.32 bits per heavy atom. The van der Waals surface area contributed by atoms with E-state index < -0.39 is 0 Å². The van der Waals surface area contributed by atoms with Gasteiger partial charge in [-0.3, -0.25) is 4.90 Å². The minimum Gasteiger partial charge on any atom is -0.370 e. The largest absolute Gasteiger partial charge is 0.370 e. The van der Waals surface area contributed by atoms with E-state index >= 15 is 0 Å². The number of thiazole rings is 1. The number of anilines is 1. The molecule has 0 spiro atoms. The SMILES string of the molecule is CCNc1cc(C)nc(CN(C)Cc2cscn2)n1. The van der Waals surface area contributed by atoms with Gasteiger partial charge in [0.25, 0.3) is 0 Å². The van der Waals surface area contributed by atoms with Crippen LogP contribution in [-0.2, 0) is 13.1 Å². The van der Waals surface area contributed by atoms with Gasteiger partial charge in [-0.1, -0.05) is 0 Å². The highest BCUT2D eigenvalue weighted by molar-refractivity contribution is 7.07. The summed E-state index contributed by atoms with van der Waals surface area (Å²) in [6, 6.07) is 1.97. The third-order valence-corrected chi connectivity index (χ3v) is 3.22. The summed E-state index contributed by atoms with van der Waals surface area (Å²) in [6.07, 6.45) is 0. The molecule has 0 radical (unpaired) electrons. The quantitative estimate of drug-likeness (QED) is 0.878. The molecule has 0 atom stereocenters. The fourth-order valence-corrected chi connectivity index (χ4v) is 2.41. The van der Waals surface area contributed by atoms with Crippen LogP contribution in [0.15, 0.2) is 17.0 Å². The Hall–Kier alpha value is -1.53. The van der Waals surface area contributed by atoms with Gasteiger partial charge >= 0.3 is 0 Å². The zero-order valence-corrected chi connectivity index (χ0v) is 12.4. The van der Waals surface area contributed by atoms with Crippen molar-refractivity contribution in [1.82, 2.24) is 19.9 Å². The Bertz CT molecular complexity index is 512. The minimum absolute atomic E-state index is 0.720. The number of nitrogens with zero attached hydrogens (tertiary/aromatic N) is 4. The van der Waals surface area contributed by atoms with Gasteiger partial charge in [0.2, 0.25) is 0 Å². The standard InChI is InChI=1S/C13H19N5S/c1-4-14-12-5-10(2)16-13(17-12)7-18(3)6-11-8-19-9-15-11/h5,8-9H,4,6-7H2,1-3H3,(H,14,16,17). The number of aromatic nitrogens is 3. The number of nitrogens with one attached hydrogen (secondary N) is 1. The summed E-state index contributed by atoms with van der Waals surface area (Å²) < 4.78 is 0. The first-order valence-corrected chi connectivity index (χ1v) is 7.25. The lowest BCUT2D eigenvalue weighted by molar-refractivity contribution is 0.307. The molecule has 2 aromatic rings. The molecule has 19 heavy (non-hydrogen) atoms. The van der Waals surface area contributed by atoms with E-state index in [1.807, 2.05) is 18.5 Å². The van der Waals surface area contributed by atoms with E-state index in [0.717, 1.165) is 42.7 Å². The van der Waals surface area contributed by atoms with Crippen LogP contribution >= 0.6 is 11.3 Å². The number of rotatable bonds is 6. The van der Waals surface area contributed by atoms with Gasteiger partial charge in [-0.2, -0.15) is 0 Å². The molecule has 0 amide bonds. The molecule has 2 aromatic heterocycles. The van der Waals surface area contributed by atoms with Gasteiger partial charge in [0.15, 0.2) is 0 Å². The van der Waals surface area contributed by atoms with Crippen molar-refractivity contribution in [2.75, 3.05) is 18.9 Å². The molecule has 2 rings (SSSR count). The third kappa shape index (κ3) is 4.25. The lowest BCUT2D eigenvalue weighted by Gasteiger charge is -2.15. The average Bonchev–Trinajstić information content (AvgIpc) is 2.81. The van der Waals surface area contributed by atoms with Gasteiger partial charge in [-0.25, -0.2) is 15.0 Å². The molecule has 0 aliphatic carbocycles. The fraction of sp³-hybridized carbons (Fsp3) is 0.462. The van der Waals surface area contributed by atoms with Crippen molar-refractivity contribution in [2.24, 2.45) is 0 Å². The molecule has 1 N–H and O–H groups in total. The monoisotopic (exact) mass is 277 g/mol. The second-order valence-electron chi connectivity index (χ2n) is 4.49. The van der Waals surface area contributed by atoms with E-state index in [0.29, 0.717) is 0 Å². The number of aryl methyl sites for hydroxylation is 1. The van der Waals surface area contributed by atoms with Crippen molar-refractivity contribution >= 4 is 17.2 Å². The summed E-state index contributed by atoms with van der Waals surface area (Å²) in [5, 5.41) is 5.29. The molecule has 0 aliphatic rings. The zero-order chi connectivity index (χ0) is 13.7. The van der Waals surface area contributed by atoms with Crippen molar-refractivity contribution in [1.29, 1.82) is 0 Å². The van der Waals surface area contributed by atoms with Crippen LogP contribution in [-0.4, -0.2) is 33.4 Å². The first-order chi connectivity index (χ1) is 9.17. The lowest BCUT2D eigenvalue weighted by atomic mass is 10.3. The summed E-state index contributed by atoms with van der Waals surface area (Å²) >= 11 is 1.62. The Morgan fingerprint density at radius 2 is 2.16 bits per heavy atom. The molecular weight excluding hydrogens is 258 g/mol. The predicted molar refractivity (Wildman–Crippen MR) is 78.2 cm³/mol. The van der Waals surface area contributed by atoms with Gasteiger partial charge in [0, 0.05) is 30.2 Å². The van der Waals surface area contributed by atoms with Crippen molar-refractivity contribution in [3.63, 3.8) is 0 Å². The lowest BCUT2D eigenvalue weighted by Crippen LogP contribution is -2.19. The summed E-state index contributed by atoms with van der Waals surface area (Å²) in [4.78, 5) is 15.4. The molecule has 102 valence electrons. The Labute approximate surface area is 117 Å². The van der Waals surface area contributed by atoms with Gasteiger partial charge in [0.05, 0.1) is 17.7 Å². The maximum atomic E-state index is 4.51. The van der Waals surface area contributed by atoms with Crippen LogP contribution in [0.2, 0.25) is 0 Å². The van der Waals surface area contributed by atoms with Crippen LogP contribution in [0, 0.1) is 6.92 Å². The van der Waals surface area contributed by atoms with Crippen molar-refractivity contribution in [3.05, 3.63) is 34.2 Å². The zero-order valence-electron chi connectivity index (χ0n) is 11.6. The van der Waals surface area contributed by atoms with Gasteiger partial charge in [-0.05, 0) is 20.9 Å². The maximum absolute atomic E-state index is 4.51. The summed E-state index contributed by atoms with van der Waals surface area (Å²) in [5.41, 5.74) is 3.94. The first kappa shape index (κ1) is 13.9. The highest BCUT2D eigenvalue weighted by Crippen LogP contribution is 2.09. The van der Waals surface area contributed by atoms with Crippen LogP contribution in [0.25, 0.3) is 0 Å². The second kappa shape index (κ2) is 6.58. The molecule has 0 bridgehead atoms. The van der Waals surface area contributed by atoms with E-state index in [2.05, 4.69) is 44.5 Å². The van der Waals surface area contributed by atoms with Crippen LogP contribution in [0.5, 0.6) is 0 Å². The van der Waals surface area contributed by atoms with E-state index in [1.54, 1.807) is 11.3 Å². The Balaban J connectivity index is 2.01. The molecular formula is C13H19N5S. The second-order valence-corrected chi connectivity index (χ2v) is 5.21. The van der Waals surface area contributed by atoms with E-state index in [1.165, 1.54) is 0 Å². The summed E-state index contributed by atoms with van der Waals surface area (Å²) in [6.45, 7) is 6.46. The normalized spacial score (nSPS) is 10.9. The third-order valence-electron chi connectivity index (χ3n) is 2.59. The van der Waals surface area contributed by atoms with Gasteiger partial charge in [-0.15, -0.1) is 11.3 Å². The van der Waals surface area contributed by atoms with Crippen LogP contribution in [0.4, 0.5) is 5.82 Å². The molecule has 0 aromatic carbocycles. The molecule has 0 saturated heterocycles. The first-order valence-electron chi connectivity index (χ1n) is 6.31. The fourth-order valence-electron chi connectivity index (χ4n) is 1.86. The summed E-state index contributed by atoms with van der Waals surface area (Å²) in [5.74, 6) is 1.74. The Morgan fingerprint density at radius 3 is 2.84 bits per heavy atom. The maximum Gasteiger partial charge on any atom is 0.144 e. The van der Waals surface area contributed by atoms with E-state index in [9.17, 15) is 0 Å². The van der Waals surface area contributed by atoms with Crippen LogP contribution in [0.3, 0.4) is 0 Å². The van der Waals surface area contributed by atoms with Crippen LogP contribution < -0.4 is 5.32 Å². The van der Waals surface area contributed by atoms with E-state index in [-0.39, 0.29) is 0 Å². The number of hydrogen-bond acceptors (Lipinski definition) is 6.